The zero-order chi connectivity index (χ0) is 8.81. The molecule has 4 heteroatoms. The highest BCUT2D eigenvalue weighted by Crippen LogP contribution is 2.01. The first-order chi connectivity index (χ1) is 5.83. The Morgan fingerprint density at radius 3 is 3.08 bits per heavy atom. The Morgan fingerprint density at radius 1 is 1.67 bits per heavy atom. The molecule has 12 heavy (non-hydrogen) atoms. The van der Waals surface area contributed by atoms with Crippen LogP contribution < -0.4 is 10.6 Å². The Kier molecular flexibility index (Phi) is 3.05. The summed E-state index contributed by atoms with van der Waals surface area (Å²) in [4.78, 5) is 3.90. The van der Waals surface area contributed by atoms with Crippen LogP contribution in [0.4, 0.5) is 5.69 Å². The van der Waals surface area contributed by atoms with Crippen LogP contribution in [0.2, 0.25) is 0 Å². The van der Waals surface area contributed by atoms with Crippen molar-refractivity contribution < 1.29 is 0 Å². The lowest BCUT2D eigenvalue weighted by Gasteiger charge is -2.03. The summed E-state index contributed by atoms with van der Waals surface area (Å²) in [5, 5.41) is 5.77. The Bertz CT molecular complexity index is 302. The monoisotopic (exact) mass is 177 g/mol. The third-order valence-corrected chi connectivity index (χ3v) is 1.31. The number of anilines is 1. The number of hydrogen-bond donors (Lipinski definition) is 2. The SMILES string of the molecule is C#CNC(=S)Nc1cccnc1. The first-order valence-electron chi connectivity index (χ1n) is 3.25. The van der Waals surface area contributed by atoms with Crippen molar-refractivity contribution in [2.24, 2.45) is 0 Å². The van der Waals surface area contributed by atoms with E-state index in [0.717, 1.165) is 5.69 Å². The van der Waals surface area contributed by atoms with Gasteiger partial charge in [-0.2, -0.15) is 0 Å². The number of nitrogens with zero attached hydrogens (tertiary/aromatic N) is 1. The maximum Gasteiger partial charge on any atom is 0.182 e. The van der Waals surface area contributed by atoms with Crippen LogP contribution in [0.5, 0.6) is 0 Å². The fraction of sp³-hybridized carbons (Fsp3) is 0. The Hall–Kier alpha value is -1.60. The van der Waals surface area contributed by atoms with Gasteiger partial charge in [0.2, 0.25) is 0 Å². The smallest absolute Gasteiger partial charge is 0.182 e. The summed E-state index contributed by atoms with van der Waals surface area (Å²) in [7, 11) is 0. The van der Waals surface area contributed by atoms with Crippen LogP contribution >= 0.6 is 12.2 Å². The molecule has 0 aliphatic heterocycles. The van der Waals surface area contributed by atoms with Gasteiger partial charge in [0, 0.05) is 12.2 Å². The largest absolute Gasteiger partial charge is 0.331 e. The van der Waals surface area contributed by atoms with Gasteiger partial charge in [0.15, 0.2) is 5.11 Å². The number of rotatable bonds is 1. The minimum atomic E-state index is 0.394. The van der Waals surface area contributed by atoms with Crippen LogP contribution in [-0.4, -0.2) is 10.1 Å². The highest BCUT2D eigenvalue weighted by Gasteiger charge is 1.92. The summed E-state index contributed by atoms with van der Waals surface area (Å²) in [6, 6.07) is 5.86. The molecule has 0 aliphatic rings. The Morgan fingerprint density at radius 2 is 2.50 bits per heavy atom. The van der Waals surface area contributed by atoms with E-state index < -0.39 is 0 Å². The fourth-order valence-electron chi connectivity index (χ4n) is 0.665. The van der Waals surface area contributed by atoms with E-state index in [1.165, 1.54) is 0 Å². The molecule has 0 fully saturated rings. The van der Waals surface area contributed by atoms with Gasteiger partial charge in [0.05, 0.1) is 11.9 Å². The normalized spacial score (nSPS) is 8.25. The minimum Gasteiger partial charge on any atom is -0.331 e. The number of terminal acetylenes is 1. The molecule has 0 saturated carbocycles. The molecule has 0 atom stereocenters. The van der Waals surface area contributed by atoms with Crippen molar-refractivity contribution in [3.05, 3.63) is 24.5 Å². The van der Waals surface area contributed by atoms with Gasteiger partial charge in [-0.15, -0.1) is 0 Å². The maximum absolute atomic E-state index is 4.98. The van der Waals surface area contributed by atoms with Crippen molar-refractivity contribution in [1.29, 1.82) is 0 Å². The third-order valence-electron chi connectivity index (χ3n) is 1.11. The molecule has 1 aromatic heterocycles. The van der Waals surface area contributed by atoms with Gasteiger partial charge < -0.3 is 5.32 Å². The van der Waals surface area contributed by atoms with Crippen LogP contribution in [0, 0.1) is 12.5 Å². The predicted octanol–water partition coefficient (Wildman–Crippen LogP) is 0.959. The van der Waals surface area contributed by atoms with E-state index in [4.69, 9.17) is 18.6 Å². The second-order valence-electron chi connectivity index (χ2n) is 1.97. The van der Waals surface area contributed by atoms with Crippen LogP contribution in [0.15, 0.2) is 24.5 Å². The molecule has 2 N–H and O–H groups in total. The number of pyridine rings is 1. The van der Waals surface area contributed by atoms with E-state index in [1.807, 2.05) is 6.07 Å². The average molecular weight is 177 g/mol. The predicted molar refractivity (Wildman–Crippen MR) is 52.4 cm³/mol. The van der Waals surface area contributed by atoms with Crippen LogP contribution in [-0.2, 0) is 0 Å². The van der Waals surface area contributed by atoms with Gasteiger partial charge in [-0.25, -0.2) is 0 Å². The van der Waals surface area contributed by atoms with Gasteiger partial charge in [-0.05, 0) is 24.4 Å². The zero-order valence-corrected chi connectivity index (χ0v) is 7.06. The summed E-state index contributed by atoms with van der Waals surface area (Å²) in [6.45, 7) is 0. The molecular formula is C8H7N3S. The van der Waals surface area contributed by atoms with E-state index in [1.54, 1.807) is 18.5 Å². The zero-order valence-electron chi connectivity index (χ0n) is 6.24. The maximum atomic E-state index is 4.98. The van der Waals surface area contributed by atoms with E-state index >= 15 is 0 Å². The summed E-state index contributed by atoms with van der Waals surface area (Å²) in [6.07, 6.45) is 8.32. The van der Waals surface area contributed by atoms with Gasteiger partial charge in [-0.1, -0.05) is 6.42 Å². The molecule has 3 nitrogen and oxygen atoms in total. The first-order valence-corrected chi connectivity index (χ1v) is 3.66. The van der Waals surface area contributed by atoms with Crippen molar-refractivity contribution >= 4 is 23.0 Å². The summed E-state index contributed by atoms with van der Waals surface area (Å²) in [5.74, 6) is 0. The topological polar surface area (TPSA) is 37.0 Å². The van der Waals surface area contributed by atoms with Gasteiger partial charge in [0.1, 0.15) is 0 Å². The molecule has 0 spiro atoms. The molecule has 0 aromatic carbocycles. The molecule has 0 amide bonds. The van der Waals surface area contributed by atoms with E-state index in [0.29, 0.717) is 5.11 Å². The molecule has 1 rings (SSSR count). The van der Waals surface area contributed by atoms with E-state index in [-0.39, 0.29) is 0 Å². The molecular weight excluding hydrogens is 170 g/mol. The van der Waals surface area contributed by atoms with Crippen LogP contribution in [0.3, 0.4) is 0 Å². The van der Waals surface area contributed by atoms with Crippen molar-refractivity contribution in [3.63, 3.8) is 0 Å². The van der Waals surface area contributed by atoms with Crippen LogP contribution in [0.1, 0.15) is 0 Å². The van der Waals surface area contributed by atoms with E-state index in [9.17, 15) is 0 Å². The lowest BCUT2D eigenvalue weighted by atomic mass is 10.4. The summed E-state index contributed by atoms with van der Waals surface area (Å²) < 4.78 is 0. The minimum absolute atomic E-state index is 0.394. The lowest BCUT2D eigenvalue weighted by Crippen LogP contribution is -2.23. The fourth-order valence-corrected chi connectivity index (χ4v) is 0.841. The Labute approximate surface area is 76.2 Å². The van der Waals surface area contributed by atoms with Crippen LogP contribution in [0.25, 0.3) is 0 Å². The highest BCUT2D eigenvalue weighted by atomic mass is 32.1. The number of aromatic nitrogens is 1. The highest BCUT2D eigenvalue weighted by molar-refractivity contribution is 7.80. The summed E-state index contributed by atoms with van der Waals surface area (Å²) in [5.41, 5.74) is 0.810. The molecule has 0 saturated heterocycles. The van der Waals surface area contributed by atoms with E-state index in [2.05, 4.69) is 21.7 Å². The van der Waals surface area contributed by atoms with Crippen molar-refractivity contribution in [2.45, 2.75) is 0 Å². The Balaban J connectivity index is 2.54. The average Bonchev–Trinajstić information content (AvgIpc) is 2.06. The number of thiocarbonyl (C=S) groups is 1. The first kappa shape index (κ1) is 8.50. The molecule has 0 aliphatic carbocycles. The van der Waals surface area contributed by atoms with Crippen molar-refractivity contribution in [3.8, 4) is 12.5 Å². The quantitative estimate of drug-likeness (QED) is 0.380. The van der Waals surface area contributed by atoms with Crippen molar-refractivity contribution in [2.75, 3.05) is 5.32 Å². The lowest BCUT2D eigenvalue weighted by molar-refractivity contribution is 1.31. The van der Waals surface area contributed by atoms with Crippen molar-refractivity contribution in [1.82, 2.24) is 10.3 Å². The van der Waals surface area contributed by atoms with Gasteiger partial charge in [0.25, 0.3) is 0 Å². The molecule has 0 bridgehead atoms. The molecule has 0 unspecified atom stereocenters. The van der Waals surface area contributed by atoms with Gasteiger partial charge in [-0.3, -0.25) is 10.3 Å². The molecule has 0 radical (unpaired) electrons. The number of nitrogens with one attached hydrogen (secondary N) is 2. The molecule has 1 heterocycles. The number of hydrogen-bond acceptors (Lipinski definition) is 2. The second kappa shape index (κ2) is 4.31. The van der Waals surface area contributed by atoms with Gasteiger partial charge >= 0.3 is 0 Å². The standard InChI is InChI=1S/C8H7N3S/c1-2-10-8(12)11-7-4-3-5-9-6-7/h1,3-6H,(H2,10,11,12). The summed E-state index contributed by atoms with van der Waals surface area (Å²) >= 11 is 4.84. The third kappa shape index (κ3) is 2.56. The second-order valence-corrected chi connectivity index (χ2v) is 2.37. The molecule has 60 valence electrons. The molecule has 1 aromatic rings.